The first-order chi connectivity index (χ1) is 14.6. The normalized spacial score (nSPS) is 16.3. The van der Waals surface area contributed by atoms with E-state index < -0.39 is 30.7 Å². The molecule has 2 heterocycles. The SMILES string of the molecule is CCC1c2nc3ccc(OC(F)(F)F)cc3n2-c2c(OC(F)F)cccc2C(=O)N1C. The van der Waals surface area contributed by atoms with Crippen LogP contribution in [0.1, 0.15) is 35.6 Å². The zero-order chi connectivity index (χ0) is 22.5. The van der Waals surface area contributed by atoms with Crippen molar-refractivity contribution in [2.24, 2.45) is 0 Å². The quantitative estimate of drug-likeness (QED) is 0.531. The van der Waals surface area contributed by atoms with Crippen molar-refractivity contribution in [1.82, 2.24) is 14.5 Å². The number of fused-ring (bicyclic) bond motifs is 5. The average Bonchev–Trinajstić information content (AvgIpc) is 3.00. The lowest BCUT2D eigenvalue weighted by Gasteiger charge is -2.24. The Balaban J connectivity index is 2.06. The molecular formula is C20H16F5N3O3. The van der Waals surface area contributed by atoms with Gasteiger partial charge in [0.05, 0.1) is 22.6 Å². The van der Waals surface area contributed by atoms with Crippen molar-refractivity contribution in [3.63, 3.8) is 0 Å². The first kappa shape index (κ1) is 20.9. The van der Waals surface area contributed by atoms with Gasteiger partial charge < -0.3 is 14.4 Å². The second-order valence-corrected chi connectivity index (χ2v) is 6.87. The largest absolute Gasteiger partial charge is 0.573 e. The molecule has 164 valence electrons. The first-order valence-corrected chi connectivity index (χ1v) is 9.24. The fourth-order valence-corrected chi connectivity index (χ4v) is 3.81. The highest BCUT2D eigenvalue weighted by atomic mass is 19.4. The molecule has 1 aliphatic heterocycles. The Morgan fingerprint density at radius 2 is 1.94 bits per heavy atom. The summed E-state index contributed by atoms with van der Waals surface area (Å²) < 4.78 is 74.4. The molecule has 0 saturated carbocycles. The van der Waals surface area contributed by atoms with Crippen molar-refractivity contribution in [2.75, 3.05) is 7.05 Å². The summed E-state index contributed by atoms with van der Waals surface area (Å²) in [5, 5.41) is 0. The molecular weight excluding hydrogens is 425 g/mol. The number of imidazole rings is 1. The summed E-state index contributed by atoms with van der Waals surface area (Å²) in [4.78, 5) is 19.0. The highest BCUT2D eigenvalue weighted by Crippen LogP contribution is 2.40. The van der Waals surface area contributed by atoms with Crippen LogP contribution in [-0.2, 0) is 0 Å². The third-order valence-corrected chi connectivity index (χ3v) is 5.03. The fourth-order valence-electron chi connectivity index (χ4n) is 3.81. The van der Waals surface area contributed by atoms with Gasteiger partial charge in [0.25, 0.3) is 5.91 Å². The first-order valence-electron chi connectivity index (χ1n) is 9.24. The second-order valence-electron chi connectivity index (χ2n) is 6.87. The smallest absolute Gasteiger partial charge is 0.433 e. The van der Waals surface area contributed by atoms with Crippen LogP contribution in [0.4, 0.5) is 22.0 Å². The summed E-state index contributed by atoms with van der Waals surface area (Å²) >= 11 is 0. The lowest BCUT2D eigenvalue weighted by atomic mass is 10.1. The highest BCUT2D eigenvalue weighted by molar-refractivity contribution is 6.00. The lowest BCUT2D eigenvalue weighted by molar-refractivity contribution is -0.274. The van der Waals surface area contributed by atoms with E-state index >= 15 is 0 Å². The Hall–Kier alpha value is -3.37. The summed E-state index contributed by atoms with van der Waals surface area (Å²) in [7, 11) is 1.55. The van der Waals surface area contributed by atoms with Crippen molar-refractivity contribution >= 4 is 16.9 Å². The molecule has 4 rings (SSSR count). The molecule has 0 N–H and O–H groups in total. The van der Waals surface area contributed by atoms with Gasteiger partial charge in [0.1, 0.15) is 17.3 Å². The van der Waals surface area contributed by atoms with Crippen molar-refractivity contribution in [3.8, 4) is 17.2 Å². The molecule has 1 unspecified atom stereocenters. The Labute approximate surface area is 172 Å². The van der Waals surface area contributed by atoms with Gasteiger partial charge >= 0.3 is 13.0 Å². The number of rotatable bonds is 4. The monoisotopic (exact) mass is 441 g/mol. The van der Waals surface area contributed by atoms with Crippen LogP contribution in [0.5, 0.6) is 11.5 Å². The van der Waals surface area contributed by atoms with E-state index in [1.807, 2.05) is 6.92 Å². The van der Waals surface area contributed by atoms with Crippen LogP contribution >= 0.6 is 0 Å². The molecule has 1 atom stereocenters. The Morgan fingerprint density at radius 1 is 1.19 bits per heavy atom. The summed E-state index contributed by atoms with van der Waals surface area (Å²) in [6.45, 7) is -1.37. The molecule has 0 fully saturated rings. The summed E-state index contributed by atoms with van der Waals surface area (Å²) in [6, 6.07) is 7.09. The number of halogens is 5. The Morgan fingerprint density at radius 3 is 2.58 bits per heavy atom. The molecule has 2 aromatic carbocycles. The third kappa shape index (κ3) is 3.64. The predicted octanol–water partition coefficient (Wildman–Crippen LogP) is 5.06. The summed E-state index contributed by atoms with van der Waals surface area (Å²) in [5.41, 5.74) is 0.505. The van der Waals surface area contributed by atoms with Crippen molar-refractivity contribution in [2.45, 2.75) is 32.4 Å². The van der Waals surface area contributed by atoms with Gasteiger partial charge in [-0.2, -0.15) is 8.78 Å². The predicted molar refractivity (Wildman–Crippen MR) is 99.5 cm³/mol. The minimum Gasteiger partial charge on any atom is -0.433 e. The number of alkyl halides is 5. The number of benzene rings is 2. The molecule has 0 aliphatic carbocycles. The van der Waals surface area contributed by atoms with Gasteiger partial charge in [-0.15, -0.1) is 13.2 Å². The van der Waals surface area contributed by atoms with Crippen molar-refractivity contribution in [1.29, 1.82) is 0 Å². The zero-order valence-corrected chi connectivity index (χ0v) is 16.3. The van der Waals surface area contributed by atoms with Crippen LogP contribution < -0.4 is 9.47 Å². The molecule has 1 aliphatic rings. The number of nitrogens with zero attached hydrogens (tertiary/aromatic N) is 3. The maximum Gasteiger partial charge on any atom is 0.573 e. The van der Waals surface area contributed by atoms with E-state index in [2.05, 4.69) is 14.5 Å². The van der Waals surface area contributed by atoms with Gasteiger partial charge in [0.2, 0.25) is 0 Å². The number of carbonyl (C=O) groups is 1. The molecule has 0 saturated heterocycles. The van der Waals surface area contributed by atoms with Gasteiger partial charge in [-0.1, -0.05) is 13.0 Å². The number of carbonyl (C=O) groups excluding carboxylic acids is 1. The van der Waals surface area contributed by atoms with E-state index in [-0.39, 0.29) is 22.5 Å². The van der Waals surface area contributed by atoms with E-state index in [9.17, 15) is 26.7 Å². The highest BCUT2D eigenvalue weighted by Gasteiger charge is 2.36. The fraction of sp³-hybridized carbons (Fsp3) is 0.300. The van der Waals surface area contributed by atoms with Crippen LogP contribution in [0.3, 0.4) is 0 Å². The standard InChI is InChI=1S/C20H16F5N3O3/c1-3-13-17-26-12-8-7-10(31-20(23,24)25)9-14(12)28(17)16-11(18(29)27(13)2)5-4-6-15(16)30-19(21)22/h4-9,13,19H,3H2,1-2H3. The van der Waals surface area contributed by atoms with E-state index in [0.29, 0.717) is 17.8 Å². The maximum atomic E-state index is 13.1. The van der Waals surface area contributed by atoms with E-state index in [1.54, 1.807) is 7.05 Å². The lowest BCUT2D eigenvalue weighted by Crippen LogP contribution is -2.30. The van der Waals surface area contributed by atoms with Crippen molar-refractivity contribution in [3.05, 3.63) is 47.8 Å². The summed E-state index contributed by atoms with van der Waals surface area (Å²) in [5.74, 6) is -0.952. The molecule has 11 heteroatoms. The Bertz CT molecular complexity index is 1160. The number of para-hydroxylation sites is 1. The molecule has 3 aromatic rings. The Kier molecular flexibility index (Phi) is 4.98. The number of ether oxygens (including phenoxy) is 2. The topological polar surface area (TPSA) is 56.6 Å². The zero-order valence-electron chi connectivity index (χ0n) is 16.3. The van der Waals surface area contributed by atoms with Crippen LogP contribution in [0.15, 0.2) is 36.4 Å². The van der Waals surface area contributed by atoms with Gasteiger partial charge in [-0.3, -0.25) is 9.36 Å². The minimum atomic E-state index is -4.92. The van der Waals surface area contributed by atoms with Crippen molar-refractivity contribution < 1.29 is 36.2 Å². The molecule has 31 heavy (non-hydrogen) atoms. The number of hydrogen-bond acceptors (Lipinski definition) is 4. The van der Waals surface area contributed by atoms with Gasteiger partial charge in [0, 0.05) is 13.1 Å². The molecule has 1 aromatic heterocycles. The van der Waals surface area contributed by atoms with Crippen LogP contribution in [0, 0.1) is 0 Å². The van der Waals surface area contributed by atoms with E-state index in [1.165, 1.54) is 33.7 Å². The molecule has 0 spiro atoms. The molecule has 1 amide bonds. The third-order valence-electron chi connectivity index (χ3n) is 5.03. The van der Waals surface area contributed by atoms with Crippen LogP contribution in [-0.4, -0.2) is 40.4 Å². The maximum absolute atomic E-state index is 13.1. The van der Waals surface area contributed by atoms with Crippen LogP contribution in [0.2, 0.25) is 0 Å². The number of amides is 1. The average molecular weight is 441 g/mol. The van der Waals surface area contributed by atoms with Gasteiger partial charge in [-0.05, 0) is 30.7 Å². The molecule has 6 nitrogen and oxygen atoms in total. The number of hydrogen-bond donors (Lipinski definition) is 0. The minimum absolute atomic E-state index is 0.0164. The summed E-state index contributed by atoms with van der Waals surface area (Å²) in [6.07, 6.45) is -4.49. The van der Waals surface area contributed by atoms with E-state index in [0.717, 1.165) is 12.1 Å². The van der Waals surface area contributed by atoms with Crippen LogP contribution in [0.25, 0.3) is 16.7 Å². The van der Waals surface area contributed by atoms with Gasteiger partial charge in [-0.25, -0.2) is 4.98 Å². The molecule has 0 bridgehead atoms. The molecule has 0 radical (unpaired) electrons. The second kappa shape index (κ2) is 7.40. The van der Waals surface area contributed by atoms with Gasteiger partial charge in [0.15, 0.2) is 5.75 Å². The van der Waals surface area contributed by atoms with E-state index in [4.69, 9.17) is 0 Å². The number of aromatic nitrogens is 2.